The fourth-order valence-electron chi connectivity index (χ4n) is 1.32. The van der Waals surface area contributed by atoms with Gasteiger partial charge in [-0.05, 0) is 18.6 Å². The molecule has 0 aromatic heterocycles. The highest BCUT2D eigenvalue weighted by atomic mass is 19.1. The predicted molar refractivity (Wildman–Crippen MR) is 61.9 cm³/mol. The number of carbonyl (C=O) groups excluding carboxylic acids is 1. The molecule has 1 atom stereocenters. The van der Waals surface area contributed by atoms with Gasteiger partial charge in [-0.25, -0.2) is 9.18 Å². The maximum Gasteiger partial charge on any atom is 0.329 e. The molecule has 0 saturated heterocycles. The molecule has 5 nitrogen and oxygen atoms in total. The topological polar surface area (TPSA) is 75.6 Å². The Morgan fingerprint density at radius 2 is 2.17 bits per heavy atom. The Hall–Kier alpha value is -2.11. The average molecular weight is 255 g/mol. The second kappa shape index (κ2) is 6.00. The first-order valence-electron chi connectivity index (χ1n) is 5.29. The minimum Gasteiger partial charge on any atom is -0.490 e. The van der Waals surface area contributed by atoms with E-state index in [2.05, 4.69) is 5.32 Å². The van der Waals surface area contributed by atoms with Gasteiger partial charge in [0, 0.05) is 13.0 Å². The summed E-state index contributed by atoms with van der Waals surface area (Å²) in [5.74, 6) is -1.89. The smallest absolute Gasteiger partial charge is 0.329 e. The van der Waals surface area contributed by atoms with Crippen LogP contribution in [0.25, 0.3) is 0 Å². The van der Waals surface area contributed by atoms with Crippen LogP contribution in [0, 0.1) is 12.7 Å². The summed E-state index contributed by atoms with van der Waals surface area (Å²) in [5.41, 5.74) is 0.684. The zero-order valence-electron chi connectivity index (χ0n) is 10.1. The molecule has 98 valence electrons. The molecule has 0 spiro atoms. The summed E-state index contributed by atoms with van der Waals surface area (Å²) in [5, 5.41) is 11.1. The maximum atomic E-state index is 13.0. The number of aryl methyl sites for hydroxylation is 1. The zero-order valence-corrected chi connectivity index (χ0v) is 10.1. The number of ether oxygens (including phenoxy) is 1. The summed E-state index contributed by atoms with van der Waals surface area (Å²) in [6.45, 7) is 2.66. The third-order valence-corrected chi connectivity index (χ3v) is 2.23. The minimum absolute atomic E-state index is 0.256. The number of hydrogen-bond acceptors (Lipinski definition) is 3. The number of benzene rings is 1. The first-order valence-corrected chi connectivity index (χ1v) is 5.29. The van der Waals surface area contributed by atoms with Gasteiger partial charge < -0.3 is 15.2 Å². The highest BCUT2D eigenvalue weighted by Gasteiger charge is 2.19. The number of amides is 1. The van der Waals surface area contributed by atoms with Gasteiger partial charge in [0.05, 0.1) is 0 Å². The molecule has 18 heavy (non-hydrogen) atoms. The van der Waals surface area contributed by atoms with Crippen molar-refractivity contribution in [2.45, 2.75) is 19.9 Å². The predicted octanol–water partition coefficient (Wildman–Crippen LogP) is 1.10. The van der Waals surface area contributed by atoms with E-state index in [0.29, 0.717) is 5.56 Å². The molecule has 1 rings (SSSR count). The summed E-state index contributed by atoms with van der Waals surface area (Å²) in [6, 6.07) is 2.82. The molecule has 2 N–H and O–H groups in total. The van der Waals surface area contributed by atoms with Crippen molar-refractivity contribution in [2.24, 2.45) is 0 Å². The average Bonchev–Trinajstić information content (AvgIpc) is 2.27. The summed E-state index contributed by atoms with van der Waals surface area (Å²) in [6.07, 6.45) is 0. The monoisotopic (exact) mass is 255 g/mol. The lowest BCUT2D eigenvalue weighted by atomic mass is 10.2. The first kappa shape index (κ1) is 14.0. The van der Waals surface area contributed by atoms with Crippen molar-refractivity contribution in [1.29, 1.82) is 0 Å². The number of carboxylic acid groups (broad SMARTS) is 1. The number of halogens is 1. The number of hydrogen-bond donors (Lipinski definition) is 2. The summed E-state index contributed by atoms with van der Waals surface area (Å²) >= 11 is 0. The molecular formula is C12H14FNO4. The van der Waals surface area contributed by atoms with Crippen molar-refractivity contribution in [1.82, 2.24) is 5.32 Å². The Morgan fingerprint density at radius 1 is 1.50 bits per heavy atom. The van der Waals surface area contributed by atoms with Gasteiger partial charge >= 0.3 is 5.97 Å². The van der Waals surface area contributed by atoms with E-state index in [-0.39, 0.29) is 12.4 Å². The highest BCUT2D eigenvalue weighted by molar-refractivity contribution is 5.82. The van der Waals surface area contributed by atoms with E-state index in [9.17, 15) is 14.0 Å². The number of carboxylic acids is 1. The minimum atomic E-state index is -1.21. The molecule has 1 amide bonds. The first-order chi connectivity index (χ1) is 8.40. The molecule has 0 aliphatic heterocycles. The van der Waals surface area contributed by atoms with Crippen LogP contribution >= 0.6 is 0 Å². The van der Waals surface area contributed by atoms with Crippen molar-refractivity contribution in [3.8, 4) is 5.75 Å². The van der Waals surface area contributed by atoms with Crippen LogP contribution in [0.5, 0.6) is 5.75 Å². The van der Waals surface area contributed by atoms with Crippen LogP contribution in [0.3, 0.4) is 0 Å². The summed E-state index contributed by atoms with van der Waals surface area (Å²) in [4.78, 5) is 21.6. The largest absolute Gasteiger partial charge is 0.490 e. The normalized spacial score (nSPS) is 11.7. The summed E-state index contributed by atoms with van der Waals surface area (Å²) < 4.78 is 18.2. The molecule has 0 radical (unpaired) electrons. The van der Waals surface area contributed by atoms with E-state index < -0.39 is 23.7 Å². The van der Waals surface area contributed by atoms with E-state index in [4.69, 9.17) is 9.84 Å². The number of carbonyl (C=O) groups is 2. The Morgan fingerprint density at radius 3 is 2.72 bits per heavy atom. The van der Waals surface area contributed by atoms with Gasteiger partial charge in [-0.3, -0.25) is 4.79 Å². The standard InChI is InChI=1S/C12H14FNO4/c1-7-3-4-9(13)5-11(7)18-6-10(12(16)17)14-8(2)15/h3-5,10H,6H2,1-2H3,(H,14,15)(H,16,17). The summed E-state index contributed by atoms with van der Waals surface area (Å²) in [7, 11) is 0. The Bertz CT molecular complexity index is 461. The molecule has 0 aliphatic rings. The van der Waals surface area contributed by atoms with Crippen LogP contribution in [0.1, 0.15) is 12.5 Å². The van der Waals surface area contributed by atoms with Crippen molar-refractivity contribution in [3.63, 3.8) is 0 Å². The van der Waals surface area contributed by atoms with Gasteiger partial charge in [0.15, 0.2) is 6.04 Å². The lowest BCUT2D eigenvalue weighted by molar-refractivity contribution is -0.142. The van der Waals surface area contributed by atoms with Crippen LogP contribution in [0.2, 0.25) is 0 Å². The van der Waals surface area contributed by atoms with Gasteiger partial charge in [0.25, 0.3) is 0 Å². The fourth-order valence-corrected chi connectivity index (χ4v) is 1.32. The molecule has 1 unspecified atom stereocenters. The van der Waals surface area contributed by atoms with Crippen LogP contribution in [0.4, 0.5) is 4.39 Å². The molecule has 6 heteroatoms. The molecule has 1 aromatic carbocycles. The molecule has 0 fully saturated rings. The number of rotatable bonds is 5. The van der Waals surface area contributed by atoms with Crippen molar-refractivity contribution < 1.29 is 23.8 Å². The molecule has 0 aliphatic carbocycles. The maximum absolute atomic E-state index is 13.0. The lowest BCUT2D eigenvalue weighted by Crippen LogP contribution is -2.43. The number of nitrogens with one attached hydrogen (secondary N) is 1. The zero-order chi connectivity index (χ0) is 13.7. The van der Waals surface area contributed by atoms with Gasteiger partial charge in [-0.2, -0.15) is 0 Å². The van der Waals surface area contributed by atoms with Gasteiger partial charge in [-0.15, -0.1) is 0 Å². The van der Waals surface area contributed by atoms with Crippen LogP contribution in [0.15, 0.2) is 18.2 Å². The second-order valence-corrected chi connectivity index (χ2v) is 3.81. The van der Waals surface area contributed by atoms with Crippen LogP contribution in [-0.2, 0) is 9.59 Å². The Balaban J connectivity index is 2.69. The molecular weight excluding hydrogens is 241 g/mol. The number of aliphatic carboxylic acids is 1. The van der Waals surface area contributed by atoms with Crippen molar-refractivity contribution in [3.05, 3.63) is 29.6 Å². The molecule has 0 saturated carbocycles. The SMILES string of the molecule is CC(=O)NC(COc1cc(F)ccc1C)C(=O)O. The van der Waals surface area contributed by atoms with E-state index in [1.165, 1.54) is 25.1 Å². The second-order valence-electron chi connectivity index (χ2n) is 3.81. The van der Waals surface area contributed by atoms with Crippen LogP contribution in [-0.4, -0.2) is 29.6 Å². The Kier molecular flexibility index (Phi) is 4.65. The third-order valence-electron chi connectivity index (χ3n) is 2.23. The quantitative estimate of drug-likeness (QED) is 0.826. The van der Waals surface area contributed by atoms with E-state index in [1.54, 1.807) is 6.92 Å². The van der Waals surface area contributed by atoms with Gasteiger partial charge in [-0.1, -0.05) is 6.07 Å². The highest BCUT2D eigenvalue weighted by Crippen LogP contribution is 2.18. The van der Waals surface area contributed by atoms with E-state index >= 15 is 0 Å². The Labute approximate surface area is 104 Å². The van der Waals surface area contributed by atoms with Gasteiger partial charge in [0.1, 0.15) is 18.2 Å². The third kappa shape index (κ3) is 4.04. The molecule has 0 heterocycles. The van der Waals surface area contributed by atoms with E-state index in [0.717, 1.165) is 0 Å². The van der Waals surface area contributed by atoms with Crippen LogP contribution < -0.4 is 10.1 Å². The van der Waals surface area contributed by atoms with Crippen molar-refractivity contribution >= 4 is 11.9 Å². The van der Waals surface area contributed by atoms with E-state index in [1.807, 2.05) is 0 Å². The lowest BCUT2D eigenvalue weighted by Gasteiger charge is -2.15. The fraction of sp³-hybridized carbons (Fsp3) is 0.333. The molecule has 1 aromatic rings. The molecule has 0 bridgehead atoms. The van der Waals surface area contributed by atoms with Gasteiger partial charge in [0.2, 0.25) is 5.91 Å². The van der Waals surface area contributed by atoms with Crippen molar-refractivity contribution in [2.75, 3.05) is 6.61 Å².